The number of nitrogens with zero attached hydrogens (tertiary/aromatic N) is 2. The van der Waals surface area contributed by atoms with Crippen molar-refractivity contribution in [2.75, 3.05) is 13.2 Å². The van der Waals surface area contributed by atoms with Gasteiger partial charge in [0.25, 0.3) is 0 Å². The summed E-state index contributed by atoms with van der Waals surface area (Å²) in [6.07, 6.45) is 2.26. The minimum Gasteiger partial charge on any atom is -0.395 e. The molecule has 1 unspecified atom stereocenters. The Morgan fingerprint density at radius 2 is 2.47 bits per heavy atom. The van der Waals surface area contributed by atoms with E-state index in [9.17, 15) is 5.11 Å². The third-order valence-corrected chi connectivity index (χ3v) is 3.82. The molecule has 0 radical (unpaired) electrons. The number of hydrogen-bond donors (Lipinski definition) is 1. The molecule has 3 nitrogen and oxygen atoms in total. The molecule has 1 aliphatic rings. The largest absolute Gasteiger partial charge is 0.395 e. The summed E-state index contributed by atoms with van der Waals surface area (Å²) in [5.74, 6) is 0. The van der Waals surface area contributed by atoms with Crippen LogP contribution in [0.2, 0.25) is 0 Å². The molecule has 80 valence electrons. The molecule has 0 aromatic carbocycles. The SMILES string of the molecule is N#Cc1ccc(CN2CCCC2CO)s1. The molecule has 4 heteroatoms. The first-order valence-electron chi connectivity index (χ1n) is 5.17. The fourth-order valence-electron chi connectivity index (χ4n) is 2.03. The first-order valence-corrected chi connectivity index (χ1v) is 5.99. The summed E-state index contributed by atoms with van der Waals surface area (Å²) in [6.45, 7) is 2.18. The van der Waals surface area contributed by atoms with Gasteiger partial charge in [0, 0.05) is 17.5 Å². The van der Waals surface area contributed by atoms with E-state index in [1.54, 1.807) is 11.3 Å². The molecule has 0 aliphatic carbocycles. The molecule has 1 aromatic heterocycles. The first-order chi connectivity index (χ1) is 7.33. The average Bonchev–Trinajstić information content (AvgIpc) is 2.87. The van der Waals surface area contributed by atoms with Crippen LogP contribution in [0, 0.1) is 11.3 Å². The second-order valence-corrected chi connectivity index (χ2v) is 5.00. The van der Waals surface area contributed by atoms with Crippen LogP contribution in [0.15, 0.2) is 12.1 Å². The number of likely N-dealkylation sites (tertiary alicyclic amines) is 1. The molecule has 2 heterocycles. The Morgan fingerprint density at radius 3 is 3.13 bits per heavy atom. The zero-order valence-electron chi connectivity index (χ0n) is 8.52. The van der Waals surface area contributed by atoms with Gasteiger partial charge in [-0.1, -0.05) is 0 Å². The number of rotatable bonds is 3. The summed E-state index contributed by atoms with van der Waals surface area (Å²) in [5, 5.41) is 17.9. The van der Waals surface area contributed by atoms with Crippen molar-refractivity contribution < 1.29 is 5.11 Å². The number of nitriles is 1. The molecule has 0 amide bonds. The van der Waals surface area contributed by atoms with E-state index in [1.165, 1.54) is 11.3 Å². The van der Waals surface area contributed by atoms with Gasteiger partial charge in [-0.25, -0.2) is 0 Å². The number of hydrogen-bond acceptors (Lipinski definition) is 4. The zero-order valence-corrected chi connectivity index (χ0v) is 9.33. The van der Waals surface area contributed by atoms with Crippen LogP contribution < -0.4 is 0 Å². The molecule has 1 N–H and O–H groups in total. The van der Waals surface area contributed by atoms with Gasteiger partial charge in [0.2, 0.25) is 0 Å². The van der Waals surface area contributed by atoms with Gasteiger partial charge in [-0.3, -0.25) is 4.90 Å². The van der Waals surface area contributed by atoms with Gasteiger partial charge in [0.1, 0.15) is 10.9 Å². The third kappa shape index (κ3) is 2.37. The van der Waals surface area contributed by atoms with Crippen LogP contribution >= 0.6 is 11.3 Å². The van der Waals surface area contributed by atoms with Crippen molar-refractivity contribution in [3.63, 3.8) is 0 Å². The molecule has 0 bridgehead atoms. The summed E-state index contributed by atoms with van der Waals surface area (Å²) < 4.78 is 0. The van der Waals surface area contributed by atoms with Gasteiger partial charge < -0.3 is 5.11 Å². The van der Waals surface area contributed by atoms with E-state index in [1.807, 2.05) is 12.1 Å². The van der Waals surface area contributed by atoms with Crippen molar-refractivity contribution in [2.45, 2.75) is 25.4 Å². The van der Waals surface area contributed by atoms with Crippen molar-refractivity contribution in [1.82, 2.24) is 4.90 Å². The lowest BCUT2D eigenvalue weighted by Gasteiger charge is -2.21. The fourth-order valence-corrected chi connectivity index (χ4v) is 2.86. The van der Waals surface area contributed by atoms with Crippen molar-refractivity contribution in [3.8, 4) is 6.07 Å². The lowest BCUT2D eigenvalue weighted by Crippen LogP contribution is -2.31. The lowest BCUT2D eigenvalue weighted by molar-refractivity contribution is 0.154. The Morgan fingerprint density at radius 1 is 1.60 bits per heavy atom. The highest BCUT2D eigenvalue weighted by Gasteiger charge is 2.23. The maximum atomic E-state index is 9.18. The smallest absolute Gasteiger partial charge is 0.110 e. The van der Waals surface area contributed by atoms with E-state index in [0.29, 0.717) is 6.04 Å². The van der Waals surface area contributed by atoms with E-state index in [2.05, 4.69) is 11.0 Å². The van der Waals surface area contributed by atoms with Crippen LogP contribution in [0.4, 0.5) is 0 Å². The Balaban J connectivity index is 1.99. The summed E-state index contributed by atoms with van der Waals surface area (Å²) in [6, 6.07) is 6.34. The van der Waals surface area contributed by atoms with E-state index >= 15 is 0 Å². The first kappa shape index (κ1) is 10.6. The zero-order chi connectivity index (χ0) is 10.7. The molecule has 15 heavy (non-hydrogen) atoms. The van der Waals surface area contributed by atoms with Crippen LogP contribution in [0.25, 0.3) is 0 Å². The van der Waals surface area contributed by atoms with Gasteiger partial charge >= 0.3 is 0 Å². The Kier molecular flexibility index (Phi) is 3.37. The molecule has 1 fully saturated rings. The van der Waals surface area contributed by atoms with Gasteiger partial charge in [-0.15, -0.1) is 11.3 Å². The predicted molar refractivity (Wildman–Crippen MR) is 59.6 cm³/mol. The minimum absolute atomic E-state index is 0.247. The molecular weight excluding hydrogens is 208 g/mol. The third-order valence-electron chi connectivity index (χ3n) is 2.84. The average molecular weight is 222 g/mol. The maximum Gasteiger partial charge on any atom is 0.110 e. The quantitative estimate of drug-likeness (QED) is 0.844. The van der Waals surface area contributed by atoms with E-state index in [-0.39, 0.29) is 6.61 Å². The van der Waals surface area contributed by atoms with Gasteiger partial charge in [0.15, 0.2) is 0 Å². The predicted octanol–water partition coefficient (Wildman–Crippen LogP) is 1.58. The van der Waals surface area contributed by atoms with E-state index < -0.39 is 0 Å². The van der Waals surface area contributed by atoms with Crippen LogP contribution in [0.3, 0.4) is 0 Å². The van der Waals surface area contributed by atoms with Crippen LogP contribution in [-0.2, 0) is 6.54 Å². The number of aliphatic hydroxyl groups excluding tert-OH is 1. The second-order valence-electron chi connectivity index (χ2n) is 3.83. The molecule has 1 aromatic rings. The Hall–Kier alpha value is -0.890. The highest BCUT2D eigenvalue weighted by Crippen LogP contribution is 2.23. The molecule has 1 saturated heterocycles. The second kappa shape index (κ2) is 4.75. The normalized spacial score (nSPS) is 21.7. The maximum absolute atomic E-state index is 9.18. The van der Waals surface area contributed by atoms with Crippen molar-refractivity contribution in [1.29, 1.82) is 5.26 Å². The monoisotopic (exact) mass is 222 g/mol. The highest BCUT2D eigenvalue weighted by atomic mass is 32.1. The van der Waals surface area contributed by atoms with E-state index in [4.69, 9.17) is 5.26 Å². The summed E-state index contributed by atoms with van der Waals surface area (Å²) in [4.78, 5) is 4.28. The van der Waals surface area contributed by atoms with Gasteiger partial charge in [-0.05, 0) is 31.5 Å². The number of thiophene rings is 1. The van der Waals surface area contributed by atoms with Crippen molar-refractivity contribution >= 4 is 11.3 Å². The molecule has 1 atom stereocenters. The van der Waals surface area contributed by atoms with E-state index in [0.717, 1.165) is 24.4 Å². The van der Waals surface area contributed by atoms with Crippen LogP contribution in [-0.4, -0.2) is 29.2 Å². The summed E-state index contributed by atoms with van der Waals surface area (Å²) in [7, 11) is 0. The summed E-state index contributed by atoms with van der Waals surface area (Å²) in [5.41, 5.74) is 0. The van der Waals surface area contributed by atoms with Crippen LogP contribution in [0.1, 0.15) is 22.6 Å². The molecular formula is C11H14N2OS. The Bertz CT molecular complexity index is 369. The molecule has 1 aliphatic heterocycles. The van der Waals surface area contributed by atoms with Crippen molar-refractivity contribution in [2.24, 2.45) is 0 Å². The van der Waals surface area contributed by atoms with Crippen LogP contribution in [0.5, 0.6) is 0 Å². The topological polar surface area (TPSA) is 47.3 Å². The minimum atomic E-state index is 0.247. The highest BCUT2D eigenvalue weighted by molar-refractivity contribution is 7.12. The van der Waals surface area contributed by atoms with Crippen molar-refractivity contribution in [3.05, 3.63) is 21.9 Å². The molecule has 2 rings (SSSR count). The summed E-state index contributed by atoms with van der Waals surface area (Å²) >= 11 is 1.55. The fraction of sp³-hybridized carbons (Fsp3) is 0.545. The molecule has 0 saturated carbocycles. The van der Waals surface area contributed by atoms with Gasteiger partial charge in [0.05, 0.1) is 6.61 Å². The lowest BCUT2D eigenvalue weighted by atomic mass is 10.2. The van der Waals surface area contributed by atoms with Gasteiger partial charge in [-0.2, -0.15) is 5.26 Å². The standard InChI is InChI=1S/C11H14N2OS/c12-6-10-3-4-11(15-10)7-13-5-1-2-9(13)8-14/h3-4,9,14H,1-2,5,7-8H2. The molecule has 0 spiro atoms. The number of aliphatic hydroxyl groups is 1. The Labute approximate surface area is 93.6 Å².